The molecule has 1 aliphatic heterocycles. The number of carbonyl (C=O) groups is 1. The van der Waals surface area contributed by atoms with E-state index in [9.17, 15) is 9.18 Å². The Morgan fingerprint density at radius 2 is 2.43 bits per heavy atom. The Balaban J connectivity index is 1.96. The average Bonchev–Trinajstić information content (AvgIpc) is 2.49. The van der Waals surface area contributed by atoms with Crippen LogP contribution in [0.15, 0.2) is 18.2 Å². The molecule has 1 fully saturated rings. The second-order valence-electron chi connectivity index (χ2n) is 4.93. The Bertz CT molecular complexity index is 556. The van der Waals surface area contributed by atoms with Crippen LogP contribution in [-0.2, 0) is 20.8 Å². The van der Waals surface area contributed by atoms with Gasteiger partial charge in [-0.2, -0.15) is 5.26 Å². The normalized spacial score (nSPS) is 19.0. The van der Waals surface area contributed by atoms with Gasteiger partial charge in [-0.15, -0.1) is 0 Å². The van der Waals surface area contributed by atoms with E-state index in [0.29, 0.717) is 37.4 Å². The lowest BCUT2D eigenvalue weighted by molar-refractivity contribution is -0.145. The molecule has 21 heavy (non-hydrogen) atoms. The van der Waals surface area contributed by atoms with E-state index in [1.165, 1.54) is 13.2 Å². The van der Waals surface area contributed by atoms with Gasteiger partial charge in [0.2, 0.25) is 0 Å². The van der Waals surface area contributed by atoms with Gasteiger partial charge in [0.05, 0.1) is 37.9 Å². The van der Waals surface area contributed by atoms with E-state index in [1.54, 1.807) is 12.1 Å². The number of nitriles is 1. The summed E-state index contributed by atoms with van der Waals surface area (Å²) in [7, 11) is 1.34. The summed E-state index contributed by atoms with van der Waals surface area (Å²) in [5, 5.41) is 8.73. The van der Waals surface area contributed by atoms with Crippen molar-refractivity contribution in [3.05, 3.63) is 35.1 Å². The molecule has 1 aromatic carbocycles. The molecule has 0 aliphatic carbocycles. The van der Waals surface area contributed by atoms with Gasteiger partial charge in [0.1, 0.15) is 5.82 Å². The number of ether oxygens (including phenoxy) is 2. The van der Waals surface area contributed by atoms with Crippen LogP contribution >= 0.6 is 0 Å². The SMILES string of the molecule is COC(=O)CC1CN(Cc2ccc(C#N)cc2F)CCO1. The Labute approximate surface area is 122 Å². The van der Waals surface area contributed by atoms with Crippen molar-refractivity contribution in [1.82, 2.24) is 4.90 Å². The Morgan fingerprint density at radius 3 is 3.10 bits per heavy atom. The molecule has 0 amide bonds. The fourth-order valence-corrected chi connectivity index (χ4v) is 2.30. The summed E-state index contributed by atoms with van der Waals surface area (Å²) >= 11 is 0. The molecular formula is C15H17FN2O3. The van der Waals surface area contributed by atoms with Gasteiger partial charge in [0.25, 0.3) is 0 Å². The predicted octanol–water partition coefficient (Wildman–Crippen LogP) is 1.46. The molecule has 1 aromatic rings. The first-order valence-corrected chi connectivity index (χ1v) is 6.71. The van der Waals surface area contributed by atoms with Gasteiger partial charge in [0, 0.05) is 25.2 Å². The van der Waals surface area contributed by atoms with E-state index in [1.807, 2.05) is 11.0 Å². The fourth-order valence-electron chi connectivity index (χ4n) is 2.30. The molecule has 112 valence electrons. The molecule has 0 aromatic heterocycles. The molecule has 1 heterocycles. The fraction of sp³-hybridized carbons (Fsp3) is 0.467. The lowest BCUT2D eigenvalue weighted by Crippen LogP contribution is -2.43. The van der Waals surface area contributed by atoms with Gasteiger partial charge in [-0.05, 0) is 12.1 Å². The number of hydrogen-bond acceptors (Lipinski definition) is 5. The van der Waals surface area contributed by atoms with Gasteiger partial charge in [0.15, 0.2) is 0 Å². The van der Waals surface area contributed by atoms with Crippen LogP contribution in [0.25, 0.3) is 0 Å². The topological polar surface area (TPSA) is 62.6 Å². The van der Waals surface area contributed by atoms with Gasteiger partial charge in [-0.3, -0.25) is 9.69 Å². The second-order valence-corrected chi connectivity index (χ2v) is 4.93. The highest BCUT2D eigenvalue weighted by molar-refractivity contribution is 5.69. The molecule has 6 heteroatoms. The zero-order valence-electron chi connectivity index (χ0n) is 11.8. The smallest absolute Gasteiger partial charge is 0.308 e. The summed E-state index contributed by atoms with van der Waals surface area (Å²) in [6, 6.07) is 6.37. The molecule has 0 radical (unpaired) electrons. The van der Waals surface area contributed by atoms with Crippen molar-refractivity contribution < 1.29 is 18.7 Å². The third kappa shape index (κ3) is 4.25. The van der Waals surface area contributed by atoms with Gasteiger partial charge in [-0.1, -0.05) is 6.07 Å². The van der Waals surface area contributed by atoms with E-state index < -0.39 is 0 Å². The minimum absolute atomic E-state index is 0.197. The molecule has 1 unspecified atom stereocenters. The lowest BCUT2D eigenvalue weighted by atomic mass is 10.1. The van der Waals surface area contributed by atoms with Crippen molar-refractivity contribution in [2.24, 2.45) is 0 Å². The Kier molecular flexibility index (Phi) is 5.26. The van der Waals surface area contributed by atoms with E-state index >= 15 is 0 Å². The first-order valence-electron chi connectivity index (χ1n) is 6.71. The Hall–Kier alpha value is -1.97. The molecule has 2 rings (SSSR count). The first-order chi connectivity index (χ1) is 10.1. The molecule has 0 N–H and O–H groups in total. The highest BCUT2D eigenvalue weighted by Crippen LogP contribution is 2.16. The van der Waals surface area contributed by atoms with Crippen LogP contribution in [0.1, 0.15) is 17.5 Å². The van der Waals surface area contributed by atoms with Crippen LogP contribution in [0.3, 0.4) is 0 Å². The van der Waals surface area contributed by atoms with Crippen LogP contribution in [0.4, 0.5) is 4.39 Å². The third-order valence-electron chi connectivity index (χ3n) is 3.42. The zero-order chi connectivity index (χ0) is 15.2. The highest BCUT2D eigenvalue weighted by Gasteiger charge is 2.23. The number of nitrogens with zero attached hydrogens (tertiary/aromatic N) is 2. The predicted molar refractivity (Wildman–Crippen MR) is 72.8 cm³/mol. The van der Waals surface area contributed by atoms with Crippen molar-refractivity contribution in [2.45, 2.75) is 19.1 Å². The Morgan fingerprint density at radius 1 is 1.62 bits per heavy atom. The van der Waals surface area contributed by atoms with Crippen LogP contribution < -0.4 is 0 Å². The molecule has 0 saturated carbocycles. The maximum absolute atomic E-state index is 13.9. The number of morpholine rings is 1. The van der Waals surface area contributed by atoms with Crippen LogP contribution in [-0.4, -0.2) is 43.8 Å². The van der Waals surface area contributed by atoms with E-state index in [-0.39, 0.29) is 24.3 Å². The van der Waals surface area contributed by atoms with E-state index in [2.05, 4.69) is 4.74 Å². The number of halogens is 1. The number of esters is 1. The number of methoxy groups -OCH3 is 1. The summed E-state index contributed by atoms with van der Waals surface area (Å²) in [5.74, 6) is -0.698. The summed E-state index contributed by atoms with van der Waals surface area (Å²) < 4.78 is 24.0. The maximum Gasteiger partial charge on any atom is 0.308 e. The highest BCUT2D eigenvalue weighted by atomic mass is 19.1. The summed E-state index contributed by atoms with van der Waals surface area (Å²) in [5.41, 5.74) is 0.842. The quantitative estimate of drug-likeness (QED) is 0.786. The largest absolute Gasteiger partial charge is 0.469 e. The molecule has 1 atom stereocenters. The first kappa shape index (κ1) is 15.4. The van der Waals surface area contributed by atoms with E-state index in [4.69, 9.17) is 10.00 Å². The van der Waals surface area contributed by atoms with Crippen molar-refractivity contribution in [3.63, 3.8) is 0 Å². The molecule has 5 nitrogen and oxygen atoms in total. The summed E-state index contributed by atoms with van der Waals surface area (Å²) in [6.07, 6.45) is -0.0318. The number of benzene rings is 1. The monoisotopic (exact) mass is 292 g/mol. The minimum atomic E-state index is -0.384. The molecule has 0 spiro atoms. The number of carbonyl (C=O) groups excluding carboxylic acids is 1. The third-order valence-corrected chi connectivity index (χ3v) is 3.42. The molecular weight excluding hydrogens is 275 g/mol. The van der Waals surface area contributed by atoms with Gasteiger partial charge < -0.3 is 9.47 Å². The zero-order valence-corrected chi connectivity index (χ0v) is 11.8. The van der Waals surface area contributed by atoms with Crippen LogP contribution in [0.2, 0.25) is 0 Å². The van der Waals surface area contributed by atoms with Crippen molar-refractivity contribution in [3.8, 4) is 6.07 Å². The van der Waals surface area contributed by atoms with Gasteiger partial charge in [-0.25, -0.2) is 4.39 Å². The maximum atomic E-state index is 13.9. The minimum Gasteiger partial charge on any atom is -0.469 e. The standard InChI is InChI=1S/C15H17FN2O3/c1-20-15(19)7-13-10-18(4-5-21-13)9-12-3-2-11(8-17)6-14(12)16/h2-3,6,13H,4-5,7,9-10H2,1H3. The van der Waals surface area contributed by atoms with Crippen molar-refractivity contribution in [1.29, 1.82) is 5.26 Å². The lowest BCUT2D eigenvalue weighted by Gasteiger charge is -2.32. The number of rotatable bonds is 4. The molecule has 0 bridgehead atoms. The molecule has 1 aliphatic rings. The number of hydrogen-bond donors (Lipinski definition) is 0. The van der Waals surface area contributed by atoms with E-state index in [0.717, 1.165) is 0 Å². The molecule has 1 saturated heterocycles. The summed E-state index contributed by atoms with van der Waals surface area (Å²) in [4.78, 5) is 13.3. The second kappa shape index (κ2) is 7.16. The average molecular weight is 292 g/mol. The van der Waals surface area contributed by atoms with Crippen molar-refractivity contribution >= 4 is 5.97 Å². The van der Waals surface area contributed by atoms with Crippen LogP contribution in [0.5, 0.6) is 0 Å². The van der Waals surface area contributed by atoms with Crippen LogP contribution in [0, 0.1) is 17.1 Å². The summed E-state index contributed by atoms with van der Waals surface area (Å²) in [6.45, 7) is 2.16. The van der Waals surface area contributed by atoms with Crippen molar-refractivity contribution in [2.75, 3.05) is 26.8 Å². The van der Waals surface area contributed by atoms with Gasteiger partial charge >= 0.3 is 5.97 Å².